The van der Waals surface area contributed by atoms with Crippen molar-refractivity contribution in [2.24, 2.45) is 4.99 Å². The average molecular weight is 249 g/mol. The summed E-state index contributed by atoms with van der Waals surface area (Å²) in [5.41, 5.74) is 2.50. The van der Waals surface area contributed by atoms with Crippen LogP contribution in [-0.4, -0.2) is 13.0 Å². The van der Waals surface area contributed by atoms with Crippen LogP contribution in [0.25, 0.3) is 0 Å². The number of hydrogen-bond acceptors (Lipinski definition) is 2. The Morgan fingerprint density at radius 3 is 2.85 bits per heavy atom. The minimum atomic E-state index is 0. The van der Waals surface area contributed by atoms with Crippen LogP contribution in [0.3, 0.4) is 0 Å². The van der Waals surface area contributed by atoms with Gasteiger partial charge in [0.2, 0.25) is 0 Å². The van der Waals surface area contributed by atoms with Gasteiger partial charge < -0.3 is 9.73 Å². The molecular formula is C10H10NOY-. The fourth-order valence-electron chi connectivity index (χ4n) is 1.37. The molecule has 0 spiro atoms. The Morgan fingerprint density at radius 1 is 1.46 bits per heavy atom. The molecule has 1 atom stereocenters. The Hall–Kier alpha value is -0.206. The maximum absolute atomic E-state index is 4.95. The van der Waals surface area contributed by atoms with E-state index >= 15 is 0 Å². The molecule has 3 heteroatoms. The van der Waals surface area contributed by atoms with Crippen molar-refractivity contribution >= 4 is 6.40 Å². The normalized spacial score (nSPS) is 19.3. The number of hydrogen-bond donors (Lipinski definition) is 0. The predicted molar refractivity (Wildman–Crippen MR) is 47.3 cm³/mol. The first kappa shape index (κ1) is 10.9. The van der Waals surface area contributed by atoms with Crippen molar-refractivity contribution in [3.8, 4) is 0 Å². The molecule has 2 nitrogen and oxygen atoms in total. The van der Waals surface area contributed by atoms with Gasteiger partial charge in [0.25, 0.3) is 0 Å². The summed E-state index contributed by atoms with van der Waals surface area (Å²) >= 11 is 0. The van der Waals surface area contributed by atoms with Crippen LogP contribution < -0.4 is 0 Å². The molecule has 1 aliphatic rings. The van der Waals surface area contributed by atoms with Crippen LogP contribution in [0.5, 0.6) is 0 Å². The largest absolute Gasteiger partial charge is 0.673 e. The molecule has 1 aromatic carbocycles. The molecule has 0 saturated heterocycles. The molecule has 0 N–H and O–H groups in total. The molecular weight excluding hydrogens is 239 g/mol. The molecule has 0 bridgehead atoms. The summed E-state index contributed by atoms with van der Waals surface area (Å²) in [6.07, 6.45) is 2.52. The zero-order valence-electron chi connectivity index (χ0n) is 7.53. The first-order valence-electron chi connectivity index (χ1n) is 4.00. The van der Waals surface area contributed by atoms with Gasteiger partial charge in [0.05, 0.1) is 12.6 Å². The van der Waals surface area contributed by atoms with Crippen LogP contribution in [-0.2, 0) is 37.4 Å². The molecule has 1 heterocycles. The van der Waals surface area contributed by atoms with E-state index in [0.29, 0.717) is 6.61 Å². The summed E-state index contributed by atoms with van der Waals surface area (Å²) in [4.78, 5) is 4.09. The van der Waals surface area contributed by atoms with Crippen molar-refractivity contribution in [1.82, 2.24) is 0 Å². The van der Waals surface area contributed by atoms with Crippen LogP contribution in [0.15, 0.2) is 29.3 Å². The van der Waals surface area contributed by atoms with Crippen LogP contribution in [0.4, 0.5) is 0 Å². The molecule has 1 aliphatic heterocycles. The summed E-state index contributed by atoms with van der Waals surface area (Å²) in [5.74, 6) is 0. The molecule has 0 saturated carbocycles. The van der Waals surface area contributed by atoms with E-state index in [9.17, 15) is 0 Å². The molecule has 1 radical (unpaired) electrons. The molecule has 0 fully saturated rings. The molecule has 1 aromatic rings. The molecule has 0 aliphatic carbocycles. The SMILES string of the molecule is Cc1ccccc1C1CO[C-]=N1.[Y]. The summed E-state index contributed by atoms with van der Waals surface area (Å²) < 4.78 is 4.95. The molecule has 0 aromatic heterocycles. The third kappa shape index (κ3) is 2.38. The maximum atomic E-state index is 4.95. The van der Waals surface area contributed by atoms with E-state index in [1.165, 1.54) is 11.1 Å². The van der Waals surface area contributed by atoms with E-state index in [1.807, 2.05) is 12.1 Å². The molecule has 65 valence electrons. The van der Waals surface area contributed by atoms with E-state index in [4.69, 9.17) is 4.74 Å². The Kier molecular flexibility index (Phi) is 4.07. The number of ether oxygens (including phenoxy) is 1. The molecule has 1 unspecified atom stereocenters. The van der Waals surface area contributed by atoms with Gasteiger partial charge in [-0.05, 0) is 18.1 Å². The van der Waals surface area contributed by atoms with Crippen LogP contribution in [0, 0.1) is 6.92 Å². The van der Waals surface area contributed by atoms with Gasteiger partial charge >= 0.3 is 0 Å². The average Bonchev–Trinajstić information content (AvgIpc) is 2.57. The van der Waals surface area contributed by atoms with Gasteiger partial charge in [-0.15, -0.1) is 0 Å². The maximum Gasteiger partial charge on any atom is 0.0716 e. The van der Waals surface area contributed by atoms with E-state index in [1.54, 1.807) is 0 Å². The van der Waals surface area contributed by atoms with Gasteiger partial charge in [0.15, 0.2) is 0 Å². The summed E-state index contributed by atoms with van der Waals surface area (Å²) in [6.45, 7) is 2.72. The van der Waals surface area contributed by atoms with Crippen molar-refractivity contribution in [3.05, 3.63) is 35.4 Å². The monoisotopic (exact) mass is 249 g/mol. The Labute approximate surface area is 103 Å². The fraction of sp³-hybridized carbons (Fsp3) is 0.300. The van der Waals surface area contributed by atoms with Crippen molar-refractivity contribution in [2.45, 2.75) is 13.0 Å². The quantitative estimate of drug-likeness (QED) is 0.697. The van der Waals surface area contributed by atoms with E-state index in [2.05, 4.69) is 30.4 Å². The van der Waals surface area contributed by atoms with Gasteiger partial charge in [-0.25, -0.2) is 6.40 Å². The third-order valence-corrected chi connectivity index (χ3v) is 2.06. The third-order valence-electron chi connectivity index (χ3n) is 2.06. The van der Waals surface area contributed by atoms with Crippen molar-refractivity contribution < 1.29 is 37.4 Å². The second-order valence-electron chi connectivity index (χ2n) is 2.90. The number of aryl methyl sites for hydroxylation is 1. The van der Waals surface area contributed by atoms with Crippen LogP contribution in [0.1, 0.15) is 17.2 Å². The number of aliphatic imine (C=N–C) groups is 1. The standard InChI is InChI=1S/C10H10NO.Y/c1-8-4-2-3-5-9(8)10-6-12-7-11-10;/h2-5,10H,6H2,1H3;/q-1;. The van der Waals surface area contributed by atoms with Crippen molar-refractivity contribution in [2.75, 3.05) is 6.61 Å². The Balaban J connectivity index is 0.000000845. The first-order chi connectivity index (χ1) is 5.88. The smallest absolute Gasteiger partial charge is 0.0716 e. The van der Waals surface area contributed by atoms with Gasteiger partial charge in [0, 0.05) is 32.7 Å². The second-order valence-corrected chi connectivity index (χ2v) is 2.90. The molecule has 0 amide bonds. The van der Waals surface area contributed by atoms with Crippen molar-refractivity contribution in [3.63, 3.8) is 0 Å². The van der Waals surface area contributed by atoms with Crippen molar-refractivity contribution in [1.29, 1.82) is 0 Å². The van der Waals surface area contributed by atoms with Gasteiger partial charge in [0.1, 0.15) is 0 Å². The van der Waals surface area contributed by atoms with Crippen LogP contribution in [0.2, 0.25) is 0 Å². The second kappa shape index (κ2) is 4.87. The summed E-state index contributed by atoms with van der Waals surface area (Å²) in [7, 11) is 0. The number of rotatable bonds is 1. The minimum Gasteiger partial charge on any atom is -0.673 e. The molecule has 2 rings (SSSR count). The zero-order chi connectivity index (χ0) is 8.39. The summed E-state index contributed by atoms with van der Waals surface area (Å²) in [5, 5.41) is 0. The molecule has 13 heavy (non-hydrogen) atoms. The predicted octanol–water partition coefficient (Wildman–Crippen LogP) is 1.97. The fourth-order valence-corrected chi connectivity index (χ4v) is 1.37. The van der Waals surface area contributed by atoms with Gasteiger partial charge in [-0.3, -0.25) is 0 Å². The van der Waals surface area contributed by atoms with Gasteiger partial charge in [-0.1, -0.05) is 24.3 Å². The summed E-state index contributed by atoms with van der Waals surface area (Å²) in [6, 6.07) is 8.38. The zero-order valence-corrected chi connectivity index (χ0v) is 10.4. The minimum absolute atomic E-state index is 0. The number of nitrogens with zero attached hydrogens (tertiary/aromatic N) is 1. The van der Waals surface area contributed by atoms with E-state index in [-0.39, 0.29) is 38.8 Å². The Morgan fingerprint density at radius 2 is 2.23 bits per heavy atom. The number of benzene rings is 1. The first-order valence-corrected chi connectivity index (χ1v) is 4.00. The van der Waals surface area contributed by atoms with E-state index in [0.717, 1.165) is 0 Å². The van der Waals surface area contributed by atoms with Gasteiger partial charge in [-0.2, -0.15) is 0 Å². The Bertz CT molecular complexity index is 312. The topological polar surface area (TPSA) is 21.6 Å². The van der Waals surface area contributed by atoms with E-state index < -0.39 is 0 Å². The van der Waals surface area contributed by atoms with Crippen LogP contribution >= 0.6 is 0 Å².